The molecular formula is C10H11ClN2O2. The maximum Gasteiger partial charge on any atom is 0.254 e. The number of nitrogens with zero attached hydrogens (tertiary/aromatic N) is 1. The topological polar surface area (TPSA) is 42.9 Å². The summed E-state index contributed by atoms with van der Waals surface area (Å²) in [6.07, 6.45) is 1.51. The number of hydrogen-bond donors (Lipinski definition) is 1. The molecule has 0 radical (unpaired) electrons. The minimum atomic E-state index is -1.05. The van der Waals surface area contributed by atoms with Crippen LogP contribution in [0.1, 0.15) is 0 Å². The molecule has 1 atom stereocenters. The highest BCUT2D eigenvalue weighted by Gasteiger charge is 2.28. The van der Waals surface area contributed by atoms with E-state index in [0.717, 1.165) is 17.1 Å². The molecule has 0 fully saturated rings. The fraction of sp³-hybridized carbons (Fsp3) is 0.300. The quantitative estimate of drug-likeness (QED) is 0.622. The number of rotatable bonds is 2. The van der Waals surface area contributed by atoms with E-state index in [1.165, 1.54) is 13.3 Å². The smallest absolute Gasteiger partial charge is 0.254 e. The van der Waals surface area contributed by atoms with Gasteiger partial charge in [-0.05, 0) is 12.1 Å². The molecule has 1 aliphatic rings. The first-order valence-electron chi connectivity index (χ1n) is 4.42. The second-order valence-electron chi connectivity index (χ2n) is 3.12. The number of nitrogens with one attached hydrogen (secondary N) is 1. The van der Waals surface area contributed by atoms with E-state index in [0.29, 0.717) is 0 Å². The Labute approximate surface area is 92.9 Å². The van der Waals surface area contributed by atoms with Crippen LogP contribution in [0.4, 0.5) is 11.4 Å². The third-order valence-corrected chi connectivity index (χ3v) is 2.52. The molecule has 1 aromatic carbocycles. The van der Waals surface area contributed by atoms with E-state index in [2.05, 4.69) is 10.3 Å². The van der Waals surface area contributed by atoms with Crippen LogP contribution in [0.5, 0.6) is 5.75 Å². The van der Waals surface area contributed by atoms with Crippen molar-refractivity contribution in [2.45, 2.75) is 5.18 Å². The van der Waals surface area contributed by atoms with Crippen LogP contribution < -0.4 is 10.1 Å². The summed E-state index contributed by atoms with van der Waals surface area (Å²) in [5, 5.41) is 1.96. The van der Waals surface area contributed by atoms with E-state index in [9.17, 15) is 0 Å². The van der Waals surface area contributed by atoms with Gasteiger partial charge in [-0.25, -0.2) is 0 Å². The number of fused-ring (bicyclic) bond motifs is 1. The molecule has 4 nitrogen and oxygen atoms in total. The van der Waals surface area contributed by atoms with Crippen molar-refractivity contribution in [1.29, 1.82) is 0 Å². The van der Waals surface area contributed by atoms with Gasteiger partial charge in [0.2, 0.25) is 0 Å². The van der Waals surface area contributed by atoms with Gasteiger partial charge in [0.1, 0.15) is 5.75 Å². The van der Waals surface area contributed by atoms with Crippen molar-refractivity contribution in [1.82, 2.24) is 0 Å². The van der Waals surface area contributed by atoms with Crippen LogP contribution in [0.3, 0.4) is 0 Å². The van der Waals surface area contributed by atoms with Crippen molar-refractivity contribution >= 4 is 29.2 Å². The van der Waals surface area contributed by atoms with Crippen LogP contribution in [-0.4, -0.2) is 25.6 Å². The molecular weight excluding hydrogens is 216 g/mol. The Morgan fingerprint density at radius 2 is 2.20 bits per heavy atom. The van der Waals surface area contributed by atoms with Gasteiger partial charge in [-0.15, -0.1) is 0 Å². The number of methoxy groups -OCH3 is 2. The third kappa shape index (κ3) is 1.91. The minimum Gasteiger partial charge on any atom is -0.497 e. The Bertz CT molecular complexity index is 408. The lowest BCUT2D eigenvalue weighted by Gasteiger charge is -2.27. The summed E-state index contributed by atoms with van der Waals surface area (Å²) in [7, 11) is 3.13. The molecule has 0 spiro atoms. The van der Waals surface area contributed by atoms with E-state index in [4.69, 9.17) is 21.1 Å². The van der Waals surface area contributed by atoms with Crippen LogP contribution in [0.2, 0.25) is 0 Å². The molecule has 2 rings (SSSR count). The van der Waals surface area contributed by atoms with Crippen LogP contribution >= 0.6 is 11.6 Å². The Morgan fingerprint density at radius 1 is 1.40 bits per heavy atom. The van der Waals surface area contributed by atoms with E-state index in [1.54, 1.807) is 7.11 Å². The molecule has 80 valence electrons. The lowest BCUT2D eigenvalue weighted by atomic mass is 10.2. The summed E-state index contributed by atoms with van der Waals surface area (Å²) < 4.78 is 10.2. The number of halogens is 1. The monoisotopic (exact) mass is 226 g/mol. The summed E-state index contributed by atoms with van der Waals surface area (Å²) in [5.41, 5.74) is 1.60. The molecule has 1 heterocycles. The standard InChI is InChI=1S/C10H11ClN2O2/c1-14-7-3-4-8-9(5-7)12-6-10(11,13-8)15-2/h3-6,13H,1-2H3. The van der Waals surface area contributed by atoms with Crippen molar-refractivity contribution < 1.29 is 9.47 Å². The van der Waals surface area contributed by atoms with Crippen LogP contribution in [-0.2, 0) is 4.74 Å². The molecule has 0 aromatic heterocycles. The first-order chi connectivity index (χ1) is 7.17. The van der Waals surface area contributed by atoms with Gasteiger partial charge < -0.3 is 14.8 Å². The molecule has 1 N–H and O–H groups in total. The number of hydrogen-bond acceptors (Lipinski definition) is 4. The first kappa shape index (κ1) is 10.3. The molecule has 0 amide bonds. The van der Waals surface area contributed by atoms with Gasteiger partial charge in [-0.3, -0.25) is 4.99 Å². The number of benzene rings is 1. The SMILES string of the molecule is COc1ccc2c(c1)N=CC(Cl)(OC)N2. The summed E-state index contributed by atoms with van der Waals surface area (Å²) in [6, 6.07) is 5.51. The van der Waals surface area contributed by atoms with Gasteiger partial charge >= 0.3 is 0 Å². The Morgan fingerprint density at radius 3 is 2.87 bits per heavy atom. The zero-order valence-electron chi connectivity index (χ0n) is 8.45. The molecule has 0 saturated heterocycles. The van der Waals surface area contributed by atoms with E-state index >= 15 is 0 Å². The van der Waals surface area contributed by atoms with Gasteiger partial charge in [-0.1, -0.05) is 11.6 Å². The van der Waals surface area contributed by atoms with Gasteiger partial charge in [0.25, 0.3) is 5.18 Å². The van der Waals surface area contributed by atoms with Gasteiger partial charge in [-0.2, -0.15) is 0 Å². The number of anilines is 1. The molecule has 1 aromatic rings. The first-order valence-corrected chi connectivity index (χ1v) is 4.80. The number of aliphatic imine (C=N–C) groups is 1. The normalized spacial score (nSPS) is 23.1. The molecule has 5 heteroatoms. The maximum absolute atomic E-state index is 6.05. The van der Waals surface area contributed by atoms with E-state index in [1.807, 2.05) is 18.2 Å². The fourth-order valence-corrected chi connectivity index (χ4v) is 1.47. The fourth-order valence-electron chi connectivity index (χ4n) is 1.32. The number of ether oxygens (including phenoxy) is 2. The molecule has 15 heavy (non-hydrogen) atoms. The lowest BCUT2D eigenvalue weighted by Crippen LogP contribution is -2.37. The van der Waals surface area contributed by atoms with Gasteiger partial charge in [0.15, 0.2) is 0 Å². The molecule has 1 aliphatic heterocycles. The van der Waals surface area contributed by atoms with E-state index in [-0.39, 0.29) is 0 Å². The molecule has 0 aliphatic carbocycles. The number of alkyl halides is 1. The molecule has 0 saturated carbocycles. The average Bonchev–Trinajstić information content (AvgIpc) is 2.28. The maximum atomic E-state index is 6.05. The second-order valence-corrected chi connectivity index (χ2v) is 3.68. The minimum absolute atomic E-state index is 0.757. The highest BCUT2D eigenvalue weighted by Crippen LogP contribution is 2.35. The van der Waals surface area contributed by atoms with Gasteiger partial charge in [0.05, 0.1) is 24.7 Å². The predicted octanol–water partition coefficient (Wildman–Crippen LogP) is 2.36. The zero-order chi connectivity index (χ0) is 10.9. The van der Waals surface area contributed by atoms with Crippen molar-refractivity contribution in [3.63, 3.8) is 0 Å². The average molecular weight is 227 g/mol. The molecule has 0 bridgehead atoms. The lowest BCUT2D eigenvalue weighted by molar-refractivity contribution is 0.147. The zero-order valence-corrected chi connectivity index (χ0v) is 9.21. The highest BCUT2D eigenvalue weighted by atomic mass is 35.5. The van der Waals surface area contributed by atoms with Crippen LogP contribution in [0, 0.1) is 0 Å². The highest BCUT2D eigenvalue weighted by molar-refractivity contribution is 6.33. The predicted molar refractivity (Wildman–Crippen MR) is 60.4 cm³/mol. The van der Waals surface area contributed by atoms with Crippen LogP contribution in [0.15, 0.2) is 23.2 Å². The summed E-state index contributed by atoms with van der Waals surface area (Å²) in [5.74, 6) is 0.757. The van der Waals surface area contributed by atoms with Gasteiger partial charge in [0, 0.05) is 13.2 Å². The summed E-state index contributed by atoms with van der Waals surface area (Å²) in [4.78, 5) is 4.20. The Kier molecular flexibility index (Phi) is 2.54. The van der Waals surface area contributed by atoms with Crippen LogP contribution in [0.25, 0.3) is 0 Å². The van der Waals surface area contributed by atoms with Crippen molar-refractivity contribution in [3.05, 3.63) is 18.2 Å². The summed E-state index contributed by atoms with van der Waals surface area (Å²) in [6.45, 7) is 0. The second kappa shape index (κ2) is 3.72. The van der Waals surface area contributed by atoms with Crippen molar-refractivity contribution in [2.24, 2.45) is 4.99 Å². The van der Waals surface area contributed by atoms with E-state index < -0.39 is 5.18 Å². The third-order valence-electron chi connectivity index (χ3n) is 2.18. The Hall–Kier alpha value is -1.26. The molecule has 1 unspecified atom stereocenters. The Balaban J connectivity index is 2.36. The largest absolute Gasteiger partial charge is 0.497 e. The van der Waals surface area contributed by atoms with Crippen molar-refractivity contribution in [2.75, 3.05) is 19.5 Å². The van der Waals surface area contributed by atoms with Crippen molar-refractivity contribution in [3.8, 4) is 5.75 Å². The summed E-state index contributed by atoms with van der Waals surface area (Å²) >= 11 is 6.05.